The first-order valence-electron chi connectivity index (χ1n) is 12.0. The second-order valence-corrected chi connectivity index (χ2v) is 9.59. The number of hydrogen-bond acceptors (Lipinski definition) is 2. The van der Waals surface area contributed by atoms with Gasteiger partial charge in [-0.25, -0.2) is 0 Å². The molecule has 3 fully saturated rings. The van der Waals surface area contributed by atoms with Crippen molar-refractivity contribution in [2.45, 2.75) is 90.3 Å². The number of allylic oxidation sites excluding steroid dienone is 3. The van der Waals surface area contributed by atoms with Gasteiger partial charge in [-0.15, -0.1) is 0 Å². The van der Waals surface area contributed by atoms with Gasteiger partial charge in [-0.1, -0.05) is 37.8 Å². The van der Waals surface area contributed by atoms with Crippen LogP contribution in [0.15, 0.2) is 24.3 Å². The van der Waals surface area contributed by atoms with Crippen LogP contribution in [-0.4, -0.2) is 19.5 Å². The van der Waals surface area contributed by atoms with Crippen LogP contribution in [0.25, 0.3) is 0 Å². The summed E-state index contributed by atoms with van der Waals surface area (Å²) in [5, 5.41) is 0. The quantitative estimate of drug-likeness (QED) is 0.386. The van der Waals surface area contributed by atoms with Gasteiger partial charge in [0.2, 0.25) is 0 Å². The minimum atomic E-state index is -1.53. The lowest BCUT2D eigenvalue weighted by atomic mass is 9.76. The van der Waals surface area contributed by atoms with E-state index in [-0.39, 0.29) is 6.29 Å². The van der Waals surface area contributed by atoms with Crippen LogP contribution in [0.1, 0.15) is 84.0 Å². The van der Waals surface area contributed by atoms with E-state index in [1.165, 1.54) is 57.8 Å². The van der Waals surface area contributed by atoms with Crippen molar-refractivity contribution >= 4 is 0 Å². The SMILES string of the molecule is CC=CC1CCC(C2COC(CCC3CCC(CCC=C(F)F)CC3)OC2)CC1. The molecule has 1 aliphatic heterocycles. The zero-order valence-electron chi connectivity index (χ0n) is 18.2. The van der Waals surface area contributed by atoms with Gasteiger partial charge in [0, 0.05) is 5.92 Å². The summed E-state index contributed by atoms with van der Waals surface area (Å²) in [5.41, 5.74) is 0. The van der Waals surface area contributed by atoms with Crippen molar-refractivity contribution in [1.82, 2.24) is 0 Å². The van der Waals surface area contributed by atoms with Crippen LogP contribution in [0.5, 0.6) is 0 Å². The van der Waals surface area contributed by atoms with Gasteiger partial charge in [0.25, 0.3) is 6.08 Å². The highest BCUT2D eigenvalue weighted by atomic mass is 19.3. The molecular formula is C25H40F2O2. The first-order valence-corrected chi connectivity index (χ1v) is 12.0. The Hall–Kier alpha value is -0.740. The molecule has 29 heavy (non-hydrogen) atoms. The van der Waals surface area contributed by atoms with Crippen molar-refractivity contribution in [2.24, 2.45) is 29.6 Å². The molecule has 4 heteroatoms. The van der Waals surface area contributed by atoms with Crippen molar-refractivity contribution in [2.75, 3.05) is 13.2 Å². The van der Waals surface area contributed by atoms with Gasteiger partial charge in [0.1, 0.15) is 0 Å². The van der Waals surface area contributed by atoms with E-state index in [0.717, 1.165) is 49.9 Å². The summed E-state index contributed by atoms with van der Waals surface area (Å²) in [4.78, 5) is 0. The Balaban J connectivity index is 1.26. The van der Waals surface area contributed by atoms with Crippen LogP contribution >= 0.6 is 0 Å². The summed E-state index contributed by atoms with van der Waals surface area (Å²) >= 11 is 0. The molecule has 0 atom stereocenters. The Kier molecular flexibility index (Phi) is 9.65. The Bertz CT molecular complexity index is 505. The van der Waals surface area contributed by atoms with Crippen molar-refractivity contribution in [3.05, 3.63) is 24.3 Å². The van der Waals surface area contributed by atoms with E-state index >= 15 is 0 Å². The Morgan fingerprint density at radius 1 is 0.793 bits per heavy atom. The van der Waals surface area contributed by atoms with Crippen molar-refractivity contribution < 1.29 is 18.3 Å². The minimum absolute atomic E-state index is 0.0130. The van der Waals surface area contributed by atoms with E-state index in [1.54, 1.807) is 0 Å². The van der Waals surface area contributed by atoms with Crippen molar-refractivity contribution in [1.29, 1.82) is 0 Å². The fourth-order valence-corrected chi connectivity index (χ4v) is 5.69. The molecular weight excluding hydrogens is 370 g/mol. The first kappa shape index (κ1) is 22.9. The largest absolute Gasteiger partial charge is 0.352 e. The number of hydrogen-bond donors (Lipinski definition) is 0. The molecule has 0 bridgehead atoms. The summed E-state index contributed by atoms with van der Waals surface area (Å²) < 4.78 is 36.5. The molecule has 1 saturated heterocycles. The molecule has 0 N–H and O–H groups in total. The average molecular weight is 411 g/mol. The number of rotatable bonds is 8. The number of ether oxygens (including phenoxy) is 2. The molecule has 2 nitrogen and oxygen atoms in total. The zero-order valence-corrected chi connectivity index (χ0v) is 18.2. The highest BCUT2D eigenvalue weighted by Gasteiger charge is 2.32. The predicted molar refractivity (Wildman–Crippen MR) is 114 cm³/mol. The van der Waals surface area contributed by atoms with E-state index in [2.05, 4.69) is 19.1 Å². The Morgan fingerprint density at radius 3 is 2.00 bits per heavy atom. The molecule has 3 rings (SSSR count). The molecule has 0 aromatic rings. The van der Waals surface area contributed by atoms with E-state index in [9.17, 15) is 8.78 Å². The second-order valence-electron chi connectivity index (χ2n) is 9.59. The third-order valence-electron chi connectivity index (χ3n) is 7.59. The van der Waals surface area contributed by atoms with Crippen LogP contribution in [0, 0.1) is 29.6 Å². The standard InChI is InChI=1S/C25H40F2O2/c1-2-4-19-11-14-22(15-12-19)23-17-28-25(29-18-23)16-13-21-9-7-20(8-10-21)5-3-6-24(26)27/h2,4,6,19-23,25H,3,5,7-18H2,1H3. The highest BCUT2D eigenvalue weighted by molar-refractivity contribution is 4.90. The van der Waals surface area contributed by atoms with Gasteiger partial charge in [0.05, 0.1) is 13.2 Å². The van der Waals surface area contributed by atoms with Gasteiger partial charge >= 0.3 is 0 Å². The summed E-state index contributed by atoms with van der Waals surface area (Å²) in [7, 11) is 0. The van der Waals surface area contributed by atoms with Crippen LogP contribution in [-0.2, 0) is 9.47 Å². The second kappa shape index (κ2) is 12.2. The molecule has 0 aromatic heterocycles. The van der Waals surface area contributed by atoms with E-state index in [4.69, 9.17) is 9.47 Å². The molecule has 0 radical (unpaired) electrons. The Morgan fingerprint density at radius 2 is 1.41 bits per heavy atom. The van der Waals surface area contributed by atoms with Gasteiger partial charge in [-0.3, -0.25) is 0 Å². The summed E-state index contributed by atoms with van der Waals surface area (Å²) in [6.07, 6.45) is 17.8. The van der Waals surface area contributed by atoms with Crippen LogP contribution in [0.3, 0.4) is 0 Å². The third kappa shape index (κ3) is 7.79. The molecule has 1 heterocycles. The predicted octanol–water partition coefficient (Wildman–Crippen LogP) is 7.51. The minimum Gasteiger partial charge on any atom is -0.352 e. The normalized spacial score (nSPS) is 36.2. The summed E-state index contributed by atoms with van der Waals surface area (Å²) in [5.74, 6) is 3.52. The molecule has 0 spiro atoms. The maximum absolute atomic E-state index is 12.1. The van der Waals surface area contributed by atoms with E-state index in [1.807, 2.05) is 0 Å². The van der Waals surface area contributed by atoms with Gasteiger partial charge in [0.15, 0.2) is 6.29 Å². The summed E-state index contributed by atoms with van der Waals surface area (Å²) in [6.45, 7) is 3.86. The molecule has 0 unspecified atom stereocenters. The lowest BCUT2D eigenvalue weighted by molar-refractivity contribution is -0.213. The third-order valence-corrected chi connectivity index (χ3v) is 7.59. The average Bonchev–Trinajstić information content (AvgIpc) is 2.74. The lowest BCUT2D eigenvalue weighted by Gasteiger charge is -2.37. The van der Waals surface area contributed by atoms with Crippen molar-refractivity contribution in [3.8, 4) is 0 Å². The lowest BCUT2D eigenvalue weighted by Crippen LogP contribution is -2.37. The van der Waals surface area contributed by atoms with Crippen LogP contribution < -0.4 is 0 Å². The maximum Gasteiger partial charge on any atom is 0.266 e. The molecule has 166 valence electrons. The Labute approximate surface area is 176 Å². The molecule has 2 aliphatic carbocycles. The number of halogens is 2. The zero-order chi connectivity index (χ0) is 20.5. The summed E-state index contributed by atoms with van der Waals surface area (Å²) in [6, 6.07) is 0. The van der Waals surface area contributed by atoms with Crippen LogP contribution in [0.2, 0.25) is 0 Å². The van der Waals surface area contributed by atoms with Gasteiger partial charge in [-0.05, 0) is 88.0 Å². The fourth-order valence-electron chi connectivity index (χ4n) is 5.69. The smallest absolute Gasteiger partial charge is 0.266 e. The molecule has 2 saturated carbocycles. The van der Waals surface area contributed by atoms with Gasteiger partial charge in [-0.2, -0.15) is 8.78 Å². The topological polar surface area (TPSA) is 18.5 Å². The molecule has 3 aliphatic rings. The highest BCUT2D eigenvalue weighted by Crippen LogP contribution is 2.37. The van der Waals surface area contributed by atoms with Crippen LogP contribution in [0.4, 0.5) is 8.78 Å². The first-order chi connectivity index (χ1) is 14.1. The van der Waals surface area contributed by atoms with E-state index < -0.39 is 6.08 Å². The molecule has 0 aromatic carbocycles. The van der Waals surface area contributed by atoms with Gasteiger partial charge < -0.3 is 9.47 Å². The monoisotopic (exact) mass is 410 g/mol. The van der Waals surface area contributed by atoms with Crippen molar-refractivity contribution in [3.63, 3.8) is 0 Å². The van der Waals surface area contributed by atoms with E-state index in [0.29, 0.717) is 18.3 Å². The maximum atomic E-state index is 12.1. The fraction of sp³-hybridized carbons (Fsp3) is 0.840. The molecule has 0 amide bonds.